The lowest BCUT2D eigenvalue weighted by Gasteiger charge is -2.56. The van der Waals surface area contributed by atoms with E-state index in [1.165, 1.54) is 25.8 Å². The van der Waals surface area contributed by atoms with Gasteiger partial charge in [0.1, 0.15) is 0 Å². The molecule has 1 heterocycles. The fraction of sp³-hybridized carbons (Fsp3) is 0.913. The molecular weight excluding hydrogens is 306 g/mol. The minimum atomic E-state index is 0.191. The normalized spacial score (nSPS) is 23.1. The van der Waals surface area contributed by atoms with Gasteiger partial charge in [-0.25, -0.2) is 0 Å². The Bertz CT molecular complexity index is 436. The molecule has 0 N–H and O–H groups in total. The van der Waals surface area contributed by atoms with Crippen molar-refractivity contribution in [2.24, 2.45) is 11.8 Å². The summed E-state index contributed by atoms with van der Waals surface area (Å²) in [7, 11) is 0. The molecule has 0 spiro atoms. The number of rotatable bonds is 8. The third kappa shape index (κ3) is 7.32. The second kappa shape index (κ2) is 9.43. The predicted octanol–water partition coefficient (Wildman–Crippen LogP) is 5.90. The summed E-state index contributed by atoms with van der Waals surface area (Å²) in [6.45, 7) is 21.7. The molecule has 0 aromatic rings. The molecule has 0 saturated carbocycles. The van der Waals surface area contributed by atoms with Gasteiger partial charge in [0.25, 0.3) is 0 Å². The minimum Gasteiger partial charge on any atom is -0.375 e. The van der Waals surface area contributed by atoms with Crippen LogP contribution in [0.1, 0.15) is 94.4 Å². The van der Waals surface area contributed by atoms with Crippen LogP contribution in [0.15, 0.2) is 0 Å². The molecule has 2 atom stereocenters. The number of likely N-dealkylation sites (tertiary alicyclic amines) is 1. The van der Waals surface area contributed by atoms with E-state index in [0.29, 0.717) is 18.1 Å². The van der Waals surface area contributed by atoms with Crippen LogP contribution in [0.25, 0.3) is 0 Å². The molecule has 0 aliphatic carbocycles. The largest absolute Gasteiger partial charge is 0.375 e. The van der Waals surface area contributed by atoms with Crippen molar-refractivity contribution < 1.29 is 4.74 Å². The first-order valence-electron chi connectivity index (χ1n) is 10.3. The first-order chi connectivity index (χ1) is 11.5. The number of hydrogen-bond donors (Lipinski definition) is 0. The lowest BCUT2D eigenvalue weighted by Crippen LogP contribution is -2.63. The lowest BCUT2D eigenvalue weighted by atomic mass is 9.77. The maximum atomic E-state index is 6.19. The van der Waals surface area contributed by atoms with Crippen molar-refractivity contribution >= 4 is 0 Å². The van der Waals surface area contributed by atoms with Gasteiger partial charge in [-0.1, -0.05) is 20.3 Å². The Morgan fingerprint density at radius 3 is 2.04 bits per heavy atom. The van der Waals surface area contributed by atoms with Gasteiger partial charge in [-0.2, -0.15) is 0 Å². The van der Waals surface area contributed by atoms with E-state index < -0.39 is 0 Å². The van der Waals surface area contributed by atoms with Crippen molar-refractivity contribution in [2.75, 3.05) is 6.54 Å². The highest BCUT2D eigenvalue weighted by Gasteiger charge is 2.45. The highest BCUT2D eigenvalue weighted by molar-refractivity contribution is 5.01. The first-order valence-corrected chi connectivity index (χ1v) is 10.3. The Morgan fingerprint density at radius 1 is 1.00 bits per heavy atom. The van der Waals surface area contributed by atoms with Crippen LogP contribution in [0.5, 0.6) is 0 Å². The number of ether oxygens (including phenoxy) is 1. The smallest absolute Gasteiger partial charge is 0.0613 e. The third-order valence-corrected chi connectivity index (χ3v) is 5.60. The SMILES string of the molecule is CC#CC(C)CCC[C@@H](C)CN1C(C)(C)CC(OC(C)C)CC1(C)C. The summed E-state index contributed by atoms with van der Waals surface area (Å²) in [4.78, 5) is 2.75. The van der Waals surface area contributed by atoms with Gasteiger partial charge in [-0.05, 0) is 80.1 Å². The number of nitrogens with zero attached hydrogens (tertiary/aromatic N) is 1. The zero-order valence-corrected chi connectivity index (χ0v) is 18.4. The fourth-order valence-corrected chi connectivity index (χ4v) is 4.70. The monoisotopic (exact) mass is 349 g/mol. The van der Waals surface area contributed by atoms with Crippen LogP contribution in [-0.4, -0.2) is 34.7 Å². The van der Waals surface area contributed by atoms with E-state index in [1.54, 1.807) is 0 Å². The van der Waals surface area contributed by atoms with Gasteiger partial charge >= 0.3 is 0 Å². The molecular formula is C23H43NO. The van der Waals surface area contributed by atoms with Crippen LogP contribution < -0.4 is 0 Å². The Hall–Kier alpha value is -0.520. The Morgan fingerprint density at radius 2 is 1.56 bits per heavy atom. The van der Waals surface area contributed by atoms with Gasteiger partial charge < -0.3 is 4.74 Å². The average Bonchev–Trinajstić information content (AvgIpc) is 2.41. The van der Waals surface area contributed by atoms with Crippen molar-refractivity contribution in [3.8, 4) is 11.8 Å². The van der Waals surface area contributed by atoms with Crippen molar-refractivity contribution in [3.05, 3.63) is 0 Å². The molecule has 2 nitrogen and oxygen atoms in total. The van der Waals surface area contributed by atoms with Crippen LogP contribution >= 0.6 is 0 Å². The summed E-state index contributed by atoms with van der Waals surface area (Å²) in [6.07, 6.45) is 6.76. The molecule has 1 aliphatic heterocycles. The van der Waals surface area contributed by atoms with Gasteiger partial charge in [-0.3, -0.25) is 4.90 Å². The zero-order valence-electron chi connectivity index (χ0n) is 18.4. The Kier molecular flexibility index (Phi) is 8.49. The zero-order chi connectivity index (χ0) is 19.3. The quantitative estimate of drug-likeness (QED) is 0.506. The highest BCUT2D eigenvalue weighted by atomic mass is 16.5. The van der Waals surface area contributed by atoms with E-state index in [2.05, 4.69) is 72.1 Å². The third-order valence-electron chi connectivity index (χ3n) is 5.60. The molecule has 0 aromatic carbocycles. The minimum absolute atomic E-state index is 0.191. The second-order valence-corrected chi connectivity index (χ2v) is 9.78. The van der Waals surface area contributed by atoms with E-state index in [1.807, 2.05) is 6.92 Å². The Balaban J connectivity index is 2.61. The van der Waals surface area contributed by atoms with E-state index in [0.717, 1.165) is 18.8 Å². The van der Waals surface area contributed by atoms with Crippen molar-refractivity contribution in [1.29, 1.82) is 0 Å². The van der Waals surface area contributed by atoms with Crippen molar-refractivity contribution in [3.63, 3.8) is 0 Å². The van der Waals surface area contributed by atoms with E-state index in [4.69, 9.17) is 4.74 Å². The highest BCUT2D eigenvalue weighted by Crippen LogP contribution is 2.40. The van der Waals surface area contributed by atoms with Crippen molar-refractivity contribution in [1.82, 2.24) is 4.90 Å². The van der Waals surface area contributed by atoms with E-state index in [9.17, 15) is 0 Å². The molecule has 1 rings (SSSR count). The molecule has 0 bridgehead atoms. The molecule has 25 heavy (non-hydrogen) atoms. The van der Waals surface area contributed by atoms with Gasteiger partial charge in [0.15, 0.2) is 0 Å². The maximum Gasteiger partial charge on any atom is 0.0613 e. The number of piperidine rings is 1. The predicted molar refractivity (Wildman–Crippen MR) is 110 cm³/mol. The topological polar surface area (TPSA) is 12.5 Å². The summed E-state index contributed by atoms with van der Waals surface area (Å²) in [5, 5.41) is 0. The molecule has 1 saturated heterocycles. The van der Waals surface area contributed by atoms with Gasteiger partial charge in [-0.15, -0.1) is 11.8 Å². The maximum absolute atomic E-state index is 6.19. The van der Waals surface area contributed by atoms with Gasteiger partial charge in [0, 0.05) is 23.5 Å². The molecule has 1 unspecified atom stereocenters. The molecule has 0 radical (unpaired) electrons. The molecule has 0 aromatic heterocycles. The summed E-state index contributed by atoms with van der Waals surface area (Å²) in [5.74, 6) is 7.57. The van der Waals surface area contributed by atoms with Crippen LogP contribution in [0.2, 0.25) is 0 Å². The molecule has 1 aliphatic rings. The van der Waals surface area contributed by atoms with Crippen LogP contribution in [0, 0.1) is 23.7 Å². The summed E-state index contributed by atoms with van der Waals surface area (Å²) < 4.78 is 6.19. The fourth-order valence-electron chi connectivity index (χ4n) is 4.70. The Labute approximate surface area is 158 Å². The van der Waals surface area contributed by atoms with Gasteiger partial charge in [0.2, 0.25) is 0 Å². The van der Waals surface area contributed by atoms with Crippen LogP contribution in [0.4, 0.5) is 0 Å². The average molecular weight is 350 g/mol. The van der Waals surface area contributed by atoms with Gasteiger partial charge in [0.05, 0.1) is 12.2 Å². The second-order valence-electron chi connectivity index (χ2n) is 9.78. The van der Waals surface area contributed by atoms with Crippen molar-refractivity contribution in [2.45, 2.75) is 118 Å². The lowest BCUT2D eigenvalue weighted by molar-refractivity contribution is -0.121. The summed E-state index contributed by atoms with van der Waals surface area (Å²) in [5.41, 5.74) is 0.382. The summed E-state index contributed by atoms with van der Waals surface area (Å²) in [6, 6.07) is 0. The summed E-state index contributed by atoms with van der Waals surface area (Å²) >= 11 is 0. The molecule has 1 fully saturated rings. The van der Waals surface area contributed by atoms with E-state index >= 15 is 0 Å². The molecule has 146 valence electrons. The van der Waals surface area contributed by atoms with Crippen LogP contribution in [-0.2, 0) is 4.74 Å². The van der Waals surface area contributed by atoms with Crippen LogP contribution in [0.3, 0.4) is 0 Å². The molecule has 2 heteroatoms. The standard InChI is InChI=1S/C23H43NO/c1-10-12-19(4)13-11-14-20(5)17-24-22(6,7)15-21(25-18(2)3)16-23(24,8)9/h18-21H,11,13-17H2,1-9H3/t19?,20-/m1/s1. The number of hydrogen-bond acceptors (Lipinski definition) is 2. The van der Waals surface area contributed by atoms with E-state index in [-0.39, 0.29) is 11.1 Å². The molecule has 0 amide bonds. The first kappa shape index (κ1) is 22.5.